The molecule has 0 aromatic rings. The molecule has 0 amide bonds. The molecule has 0 rings (SSSR count). The van der Waals surface area contributed by atoms with E-state index in [1.807, 2.05) is 0 Å². The molecule has 0 radical (unpaired) electrons. The van der Waals surface area contributed by atoms with Gasteiger partial charge in [0.05, 0.1) is 0 Å². The summed E-state index contributed by atoms with van der Waals surface area (Å²) in [7, 11) is 36.5. The van der Waals surface area contributed by atoms with Crippen molar-refractivity contribution in [2.24, 2.45) is 18.1 Å². The van der Waals surface area contributed by atoms with Gasteiger partial charge in [0, 0.05) is 0 Å². The van der Waals surface area contributed by atoms with Gasteiger partial charge in [-0.05, 0) is 0 Å². The van der Waals surface area contributed by atoms with Crippen molar-refractivity contribution in [1.82, 2.24) is 56.0 Å². The summed E-state index contributed by atoms with van der Waals surface area (Å²) in [5, 5.41) is 0. The Labute approximate surface area is 280 Å². The van der Waals surface area contributed by atoms with E-state index in [4.69, 9.17) is 18.1 Å². The van der Waals surface area contributed by atoms with Crippen LogP contribution in [0.4, 0.5) is 0 Å². The van der Waals surface area contributed by atoms with Crippen LogP contribution >= 0.6 is 37.9 Å². The minimum absolute atomic E-state index is 2.11. The summed E-state index contributed by atoms with van der Waals surface area (Å²) in [5.41, 5.74) is 0. The van der Waals surface area contributed by atoms with Crippen LogP contribution in [0.5, 0.6) is 0 Å². The van der Waals surface area contributed by atoms with E-state index >= 15 is 0 Å². The van der Waals surface area contributed by atoms with Crippen LogP contribution in [0.2, 0.25) is 0 Å². The van der Waals surface area contributed by atoms with Gasteiger partial charge in [-0.2, -0.15) is 0 Å². The fourth-order valence-electron chi connectivity index (χ4n) is 6.21. The van der Waals surface area contributed by atoms with Crippen molar-refractivity contribution in [2.75, 3.05) is 169 Å². The Morgan fingerprint density at radius 2 is 0.311 bits per heavy atom. The molecule has 0 N–H and O–H groups in total. The van der Waals surface area contributed by atoms with E-state index in [1.165, 1.54) is 0 Å². The molecule has 0 fully saturated rings. The third-order valence-corrected chi connectivity index (χ3v) is 29.0. The van der Waals surface area contributed by atoms with Gasteiger partial charge in [-0.3, -0.25) is 0 Å². The van der Waals surface area contributed by atoms with Crippen LogP contribution in [0.1, 0.15) is 0 Å². The van der Waals surface area contributed by atoms with E-state index in [1.54, 1.807) is 0 Å². The molecule has 21 heteroatoms. The molecule has 0 heterocycles. The van der Waals surface area contributed by atoms with Crippen LogP contribution in [0.3, 0.4) is 0 Å². The molecule has 0 aromatic heterocycles. The van der Waals surface area contributed by atoms with Crippen LogP contribution in [-0.2, 0) is 0 Å². The number of rotatable bonds is 16. The zero-order chi connectivity index (χ0) is 36.3. The quantitative estimate of drug-likeness (QED) is 0.202. The molecule has 0 aliphatic heterocycles. The third kappa shape index (κ3) is 8.79. The molecule has 16 nitrogen and oxygen atoms in total. The fraction of sp³-hybridized carbons (Fsp3) is 1.00. The third-order valence-electron chi connectivity index (χ3n) is 7.51. The average molecular weight is 741 g/mol. The molecule has 0 aliphatic rings. The zero-order valence-corrected chi connectivity index (χ0v) is 38.0. The number of hydrogen-bond acceptors (Lipinski definition) is 4. The van der Waals surface area contributed by atoms with Crippen molar-refractivity contribution in [1.29, 1.82) is 0 Å². The molecule has 0 atom stereocenters. The Bertz CT molecular complexity index is 876. The Morgan fingerprint density at radius 3 is 0.378 bits per heavy atom. The van der Waals surface area contributed by atoms with Gasteiger partial charge in [0.2, 0.25) is 0 Å². The summed E-state index contributed by atoms with van der Waals surface area (Å²) in [6, 6.07) is 0. The Hall–Kier alpha value is 0.870. The minimum atomic E-state index is -3.89. The molecule has 0 spiro atoms. The fourth-order valence-corrected chi connectivity index (χ4v) is 32.3. The first-order valence-corrected chi connectivity index (χ1v) is 23.0. The van der Waals surface area contributed by atoms with E-state index < -0.39 is 37.9 Å². The van der Waals surface area contributed by atoms with Crippen molar-refractivity contribution >= 4 is 37.9 Å². The van der Waals surface area contributed by atoms with Gasteiger partial charge in [-0.1, -0.05) is 0 Å². The van der Waals surface area contributed by atoms with Gasteiger partial charge in [-0.25, -0.2) is 0 Å². The second kappa shape index (κ2) is 17.2. The number of nitrogens with zero attached hydrogens (tertiary/aromatic N) is 16. The van der Waals surface area contributed by atoms with Crippen LogP contribution in [0, 0.1) is 0 Å². The Morgan fingerprint density at radius 1 is 0.222 bits per heavy atom. The molecule has 0 saturated heterocycles. The summed E-state index contributed by atoms with van der Waals surface area (Å²) in [4.78, 5) is 0. The predicted molar refractivity (Wildman–Crippen MR) is 210 cm³/mol. The molecule has 45 heavy (non-hydrogen) atoms. The molecule has 0 saturated carbocycles. The maximum absolute atomic E-state index is 6.10. The summed E-state index contributed by atoms with van der Waals surface area (Å²) < 4.78 is 51.4. The van der Waals surface area contributed by atoms with Crippen molar-refractivity contribution in [3.8, 4) is 0 Å². The second-order valence-corrected chi connectivity index (χ2v) is 31.6. The zero-order valence-electron chi connectivity index (χ0n) is 33.4. The van der Waals surface area contributed by atoms with E-state index in [0.717, 1.165) is 0 Å². The van der Waals surface area contributed by atoms with Gasteiger partial charge in [-0.15, -0.1) is 0 Å². The molecular formula is C24H73N16P5. The normalized spacial score (nSPS) is 15.2. The molecular weight excluding hydrogens is 667 g/mol. The molecule has 0 unspecified atom stereocenters. The second-order valence-electron chi connectivity index (χ2n) is 13.3. The van der Waals surface area contributed by atoms with Gasteiger partial charge in [0.1, 0.15) is 0 Å². The summed E-state index contributed by atoms with van der Waals surface area (Å²) in [6.07, 6.45) is 0. The molecule has 0 bridgehead atoms. The molecule has 274 valence electrons. The SMILES string of the molecule is CN(C)P(=N[PH](N=P(N(C)C)(N(C)C)N(C)C)(N=P(N(C)C)(N(C)C)N(C)C)N=P(N(C)C)(N(C)C)N(C)C)(N(C)C)N(C)C. The first kappa shape index (κ1) is 45.9. The molecule has 0 aliphatic carbocycles. The van der Waals surface area contributed by atoms with Crippen LogP contribution in [0.25, 0.3) is 0 Å². The van der Waals surface area contributed by atoms with E-state index in [0.29, 0.717) is 0 Å². The van der Waals surface area contributed by atoms with Crippen LogP contribution < -0.4 is 0 Å². The summed E-state index contributed by atoms with van der Waals surface area (Å²) >= 11 is 0. The Kier molecular flexibility index (Phi) is 17.5. The van der Waals surface area contributed by atoms with Crippen molar-refractivity contribution < 1.29 is 0 Å². The average Bonchev–Trinajstić information content (AvgIpc) is 2.84. The van der Waals surface area contributed by atoms with Crippen molar-refractivity contribution in [3.05, 3.63) is 0 Å². The maximum atomic E-state index is 6.10. The van der Waals surface area contributed by atoms with Gasteiger partial charge >= 0.3 is 281 Å². The van der Waals surface area contributed by atoms with Crippen molar-refractivity contribution in [2.45, 2.75) is 0 Å². The van der Waals surface area contributed by atoms with Crippen LogP contribution in [0.15, 0.2) is 18.1 Å². The number of hydrogen-bond donors (Lipinski definition) is 0. The predicted octanol–water partition coefficient (Wildman–Crippen LogP) is 4.92. The monoisotopic (exact) mass is 740 g/mol. The van der Waals surface area contributed by atoms with Crippen molar-refractivity contribution in [3.63, 3.8) is 0 Å². The van der Waals surface area contributed by atoms with Gasteiger partial charge < -0.3 is 0 Å². The summed E-state index contributed by atoms with van der Waals surface area (Å²) in [5.74, 6) is 0. The van der Waals surface area contributed by atoms with Gasteiger partial charge in [0.15, 0.2) is 0 Å². The summed E-state index contributed by atoms with van der Waals surface area (Å²) in [6.45, 7) is 0. The van der Waals surface area contributed by atoms with E-state index in [2.05, 4.69) is 225 Å². The van der Waals surface area contributed by atoms with Gasteiger partial charge in [0.25, 0.3) is 0 Å². The standard InChI is InChI=1S/C24H73N16P5/c1-29(2)42(30(3)4,31(5)6)25-41(26-43(32(7)8,33(9)10)34(11)12,27-44(35(13)14,36(15)16)37(17)18)28-45(38(19)20,39(21)22)40(23)24/h41H,1-24H3. The van der Waals surface area contributed by atoms with E-state index in [9.17, 15) is 0 Å². The van der Waals surface area contributed by atoms with Crippen LogP contribution in [-0.4, -0.2) is 225 Å². The Balaban J connectivity index is 10.2. The van der Waals surface area contributed by atoms with E-state index in [-0.39, 0.29) is 0 Å². The first-order chi connectivity index (χ1) is 20.1. The molecule has 0 aromatic carbocycles. The topological polar surface area (TPSA) is 88.3 Å². The first-order valence-electron chi connectivity index (χ1n) is 14.8.